The lowest BCUT2D eigenvalue weighted by Gasteiger charge is -1.92. The van der Waals surface area contributed by atoms with Crippen molar-refractivity contribution in [3.8, 4) is 0 Å². The van der Waals surface area contributed by atoms with Gasteiger partial charge in [0.15, 0.2) is 0 Å². The van der Waals surface area contributed by atoms with Crippen LogP contribution in [0.4, 0.5) is 0 Å². The Morgan fingerprint density at radius 1 is 1.88 bits per heavy atom. The van der Waals surface area contributed by atoms with E-state index in [0.29, 0.717) is 0 Å². The second-order valence-corrected chi connectivity index (χ2v) is 2.32. The molecule has 0 aliphatic heterocycles. The van der Waals surface area contributed by atoms with Crippen molar-refractivity contribution < 1.29 is 0 Å². The molecule has 3 heteroatoms. The summed E-state index contributed by atoms with van der Waals surface area (Å²) < 4.78 is 0. The minimum atomic E-state index is 0.102. The van der Waals surface area contributed by atoms with Gasteiger partial charge >= 0.3 is 0 Å². The molecule has 0 aliphatic carbocycles. The average Bonchev–Trinajstić information content (AvgIpc) is 2.12. The van der Waals surface area contributed by atoms with E-state index in [1.807, 2.05) is 6.92 Å². The first-order valence-corrected chi connectivity index (χ1v) is 2.93. The van der Waals surface area contributed by atoms with Gasteiger partial charge in [0, 0.05) is 12.4 Å². The van der Waals surface area contributed by atoms with Crippen molar-refractivity contribution in [2.75, 3.05) is 0 Å². The van der Waals surface area contributed by atoms with Crippen LogP contribution >= 0.6 is 12.6 Å². The van der Waals surface area contributed by atoms with E-state index in [4.69, 9.17) is 12.6 Å². The summed E-state index contributed by atoms with van der Waals surface area (Å²) in [6, 6.07) is 0. The molecule has 0 aliphatic rings. The van der Waals surface area contributed by atoms with E-state index < -0.39 is 0 Å². The Labute approximate surface area is 53.7 Å². The Morgan fingerprint density at radius 3 is 2.88 bits per heavy atom. The second-order valence-electron chi connectivity index (χ2n) is 1.62. The molecule has 1 aromatic rings. The van der Waals surface area contributed by atoms with E-state index in [-0.39, 0.29) is 5.25 Å². The van der Waals surface area contributed by atoms with Gasteiger partial charge in [0.05, 0.1) is 5.25 Å². The largest absolute Gasteiger partial charge is 0.348 e. The van der Waals surface area contributed by atoms with Crippen LogP contribution in [0.15, 0.2) is 12.4 Å². The van der Waals surface area contributed by atoms with Gasteiger partial charge in [-0.25, -0.2) is 4.98 Å². The zero-order valence-corrected chi connectivity index (χ0v) is 5.40. The van der Waals surface area contributed by atoms with Crippen LogP contribution in [0.2, 0.25) is 0 Å². The molecule has 0 saturated heterocycles. The maximum absolute atomic E-state index is 4.91. The highest BCUT2D eigenvalue weighted by Crippen LogP contribution is 2.11. The molecular formula is C5H7N2S. The van der Waals surface area contributed by atoms with Gasteiger partial charge in [-0.15, -0.1) is 0 Å². The van der Waals surface area contributed by atoms with Gasteiger partial charge in [-0.2, -0.15) is 0 Å². The van der Waals surface area contributed by atoms with Crippen molar-refractivity contribution in [3.05, 3.63) is 18.2 Å². The molecule has 0 fully saturated rings. The number of H-pyrrole nitrogens is 1. The number of aromatic amines is 1. The molecule has 1 N–H and O–H groups in total. The average molecular weight is 127 g/mol. The SMILES string of the molecule is CC([S])c1ncc[nH]1. The van der Waals surface area contributed by atoms with Crippen molar-refractivity contribution in [3.63, 3.8) is 0 Å². The molecule has 1 unspecified atom stereocenters. The first-order chi connectivity index (χ1) is 3.80. The molecule has 8 heavy (non-hydrogen) atoms. The number of aromatic nitrogens is 2. The molecule has 0 amide bonds. The topological polar surface area (TPSA) is 28.7 Å². The Balaban J connectivity index is 2.77. The zero-order valence-electron chi connectivity index (χ0n) is 4.59. The predicted octanol–water partition coefficient (Wildman–Crippen LogP) is 1.67. The summed E-state index contributed by atoms with van der Waals surface area (Å²) >= 11 is 4.91. The number of nitrogens with zero attached hydrogens (tertiary/aromatic N) is 1. The second kappa shape index (κ2) is 2.22. The number of hydrogen-bond donors (Lipinski definition) is 1. The van der Waals surface area contributed by atoms with Crippen molar-refractivity contribution in [2.45, 2.75) is 12.2 Å². The quantitative estimate of drug-likeness (QED) is 0.610. The van der Waals surface area contributed by atoms with Crippen molar-refractivity contribution in [1.29, 1.82) is 0 Å². The number of hydrogen-bond acceptors (Lipinski definition) is 1. The maximum Gasteiger partial charge on any atom is 0.119 e. The predicted molar refractivity (Wildman–Crippen MR) is 34.6 cm³/mol. The van der Waals surface area contributed by atoms with Gasteiger partial charge in [0.2, 0.25) is 0 Å². The molecule has 0 bridgehead atoms. The van der Waals surface area contributed by atoms with Crippen LogP contribution in [0.1, 0.15) is 18.0 Å². The number of nitrogens with one attached hydrogen (secondary N) is 1. The lowest BCUT2D eigenvalue weighted by molar-refractivity contribution is 0.971. The molecule has 1 atom stereocenters. The summed E-state index contributed by atoms with van der Waals surface area (Å²) in [6.07, 6.45) is 3.48. The fourth-order valence-corrected chi connectivity index (χ4v) is 0.629. The molecule has 2 nitrogen and oxygen atoms in total. The third-order valence-corrected chi connectivity index (χ3v) is 1.13. The van der Waals surface area contributed by atoms with E-state index in [1.165, 1.54) is 0 Å². The lowest BCUT2D eigenvalue weighted by Crippen LogP contribution is -1.84. The third kappa shape index (κ3) is 1.04. The van der Waals surface area contributed by atoms with Gasteiger partial charge in [0.1, 0.15) is 5.82 Å². The van der Waals surface area contributed by atoms with Crippen molar-refractivity contribution in [1.82, 2.24) is 9.97 Å². The van der Waals surface area contributed by atoms with Gasteiger partial charge in [-0.1, -0.05) is 12.6 Å². The van der Waals surface area contributed by atoms with Crippen LogP contribution in [-0.4, -0.2) is 9.97 Å². The van der Waals surface area contributed by atoms with E-state index in [9.17, 15) is 0 Å². The summed E-state index contributed by atoms with van der Waals surface area (Å²) in [6.45, 7) is 1.92. The minimum absolute atomic E-state index is 0.102. The maximum atomic E-state index is 4.91. The highest BCUT2D eigenvalue weighted by molar-refractivity contribution is 7.80. The Kier molecular flexibility index (Phi) is 1.58. The first kappa shape index (κ1) is 5.69. The monoisotopic (exact) mass is 127 g/mol. The number of imidazole rings is 1. The van der Waals surface area contributed by atoms with E-state index >= 15 is 0 Å². The molecule has 1 heterocycles. The summed E-state index contributed by atoms with van der Waals surface area (Å²) in [7, 11) is 0. The van der Waals surface area contributed by atoms with Crippen LogP contribution in [0, 0.1) is 0 Å². The molecular weight excluding hydrogens is 120 g/mol. The Bertz CT molecular complexity index is 145. The molecule has 1 radical (unpaired) electrons. The zero-order chi connectivity index (χ0) is 5.98. The van der Waals surface area contributed by atoms with Crippen LogP contribution in [0.25, 0.3) is 0 Å². The van der Waals surface area contributed by atoms with E-state index in [1.54, 1.807) is 12.4 Å². The van der Waals surface area contributed by atoms with Crippen LogP contribution < -0.4 is 0 Å². The highest BCUT2D eigenvalue weighted by atomic mass is 32.1. The Morgan fingerprint density at radius 2 is 2.62 bits per heavy atom. The molecule has 0 saturated carbocycles. The summed E-state index contributed by atoms with van der Waals surface area (Å²) in [5.41, 5.74) is 0. The van der Waals surface area contributed by atoms with Gasteiger partial charge < -0.3 is 4.98 Å². The van der Waals surface area contributed by atoms with Crippen LogP contribution in [0.5, 0.6) is 0 Å². The van der Waals surface area contributed by atoms with E-state index in [2.05, 4.69) is 9.97 Å². The summed E-state index contributed by atoms with van der Waals surface area (Å²) in [5, 5.41) is 0.102. The molecule has 43 valence electrons. The number of rotatable bonds is 1. The molecule has 0 spiro atoms. The standard InChI is InChI=1S/C5H7N2S/c1-4(8)5-6-2-3-7-5/h2-4H,1H3,(H,6,7). The van der Waals surface area contributed by atoms with Gasteiger partial charge in [-0.3, -0.25) is 0 Å². The third-order valence-electron chi connectivity index (χ3n) is 0.904. The smallest absolute Gasteiger partial charge is 0.119 e. The van der Waals surface area contributed by atoms with Crippen molar-refractivity contribution in [2.24, 2.45) is 0 Å². The molecule has 1 aromatic heterocycles. The van der Waals surface area contributed by atoms with E-state index in [0.717, 1.165) is 5.82 Å². The summed E-state index contributed by atoms with van der Waals surface area (Å²) in [4.78, 5) is 6.88. The summed E-state index contributed by atoms with van der Waals surface area (Å²) in [5.74, 6) is 0.875. The lowest BCUT2D eigenvalue weighted by atomic mass is 10.5. The first-order valence-electron chi connectivity index (χ1n) is 2.46. The van der Waals surface area contributed by atoms with Crippen LogP contribution in [-0.2, 0) is 0 Å². The minimum Gasteiger partial charge on any atom is -0.348 e. The van der Waals surface area contributed by atoms with Crippen LogP contribution in [0.3, 0.4) is 0 Å². The van der Waals surface area contributed by atoms with Gasteiger partial charge in [0.25, 0.3) is 0 Å². The molecule has 0 aromatic carbocycles. The Hall–Kier alpha value is -0.440. The fraction of sp³-hybridized carbons (Fsp3) is 0.400. The normalized spacial score (nSPS) is 13.8. The van der Waals surface area contributed by atoms with Crippen molar-refractivity contribution >= 4 is 12.6 Å². The fourth-order valence-electron chi connectivity index (χ4n) is 0.500. The molecule has 1 rings (SSSR count). The van der Waals surface area contributed by atoms with Gasteiger partial charge in [-0.05, 0) is 6.92 Å². The highest BCUT2D eigenvalue weighted by Gasteiger charge is 1.99.